The summed E-state index contributed by atoms with van der Waals surface area (Å²) in [5.74, 6) is 0.243. The predicted octanol–water partition coefficient (Wildman–Crippen LogP) is 1.87. The molecule has 1 rings (SSSR count). The van der Waals surface area contributed by atoms with Gasteiger partial charge in [0.1, 0.15) is 0 Å². The van der Waals surface area contributed by atoms with Crippen LogP contribution in [-0.2, 0) is 9.53 Å². The molecule has 1 atom stereocenters. The third-order valence-corrected chi connectivity index (χ3v) is 1.76. The molecule has 0 spiro atoms. The zero-order valence-corrected chi connectivity index (χ0v) is 6.99. The fourth-order valence-corrected chi connectivity index (χ4v) is 1.04. The van der Waals surface area contributed by atoms with Crippen LogP contribution in [0.1, 0.15) is 18.4 Å². The Kier molecular flexibility index (Phi) is 3.33. The third-order valence-electron chi connectivity index (χ3n) is 1.76. The van der Waals surface area contributed by atoms with Crippen molar-refractivity contribution in [2.24, 2.45) is 0 Å². The SMILES string of the molecule is CC(CO[C]=O)c1ccccc1. The van der Waals surface area contributed by atoms with Gasteiger partial charge in [0.15, 0.2) is 0 Å². The Labute approximate surface area is 72.2 Å². The molecule has 0 amide bonds. The van der Waals surface area contributed by atoms with Gasteiger partial charge in [0.2, 0.25) is 0 Å². The Morgan fingerprint density at radius 2 is 2.08 bits per heavy atom. The van der Waals surface area contributed by atoms with Crippen molar-refractivity contribution in [2.75, 3.05) is 6.61 Å². The van der Waals surface area contributed by atoms with Gasteiger partial charge in [-0.1, -0.05) is 37.3 Å². The number of hydrogen-bond donors (Lipinski definition) is 0. The van der Waals surface area contributed by atoms with Crippen molar-refractivity contribution in [1.82, 2.24) is 0 Å². The Hall–Kier alpha value is -1.31. The van der Waals surface area contributed by atoms with Crippen LogP contribution < -0.4 is 0 Å². The second-order valence-corrected chi connectivity index (χ2v) is 2.71. The fourth-order valence-electron chi connectivity index (χ4n) is 1.04. The second-order valence-electron chi connectivity index (χ2n) is 2.71. The summed E-state index contributed by atoms with van der Waals surface area (Å²) in [4.78, 5) is 9.79. The van der Waals surface area contributed by atoms with Crippen LogP contribution in [0.15, 0.2) is 30.3 Å². The minimum atomic E-state index is 0.243. The van der Waals surface area contributed by atoms with Crippen LogP contribution >= 0.6 is 0 Å². The minimum Gasteiger partial charge on any atom is -0.457 e. The van der Waals surface area contributed by atoms with E-state index in [0.717, 1.165) is 0 Å². The van der Waals surface area contributed by atoms with Gasteiger partial charge in [-0.05, 0) is 5.56 Å². The Balaban J connectivity index is 2.53. The highest BCUT2D eigenvalue weighted by atomic mass is 16.5. The van der Waals surface area contributed by atoms with E-state index in [0.29, 0.717) is 6.61 Å². The first-order valence-corrected chi connectivity index (χ1v) is 3.88. The van der Waals surface area contributed by atoms with Crippen LogP contribution in [0.2, 0.25) is 0 Å². The average molecular weight is 163 g/mol. The molecule has 0 aliphatic carbocycles. The van der Waals surface area contributed by atoms with E-state index in [9.17, 15) is 4.79 Å². The van der Waals surface area contributed by atoms with Crippen molar-refractivity contribution < 1.29 is 9.53 Å². The van der Waals surface area contributed by atoms with Gasteiger partial charge in [-0.15, -0.1) is 0 Å². The molecule has 2 nitrogen and oxygen atoms in total. The number of carbonyl (C=O) groups excluding carboxylic acids is 1. The van der Waals surface area contributed by atoms with Gasteiger partial charge in [0.25, 0.3) is 0 Å². The molecule has 0 heterocycles. The van der Waals surface area contributed by atoms with E-state index in [2.05, 4.69) is 4.74 Å². The number of hydrogen-bond acceptors (Lipinski definition) is 2. The standard InChI is InChI=1S/C10H11O2/c1-9(7-12-8-11)10-5-3-2-4-6-10/h2-6,9H,7H2,1H3. The molecule has 0 aromatic heterocycles. The summed E-state index contributed by atoms with van der Waals surface area (Å²) >= 11 is 0. The van der Waals surface area contributed by atoms with Gasteiger partial charge in [0.05, 0.1) is 6.61 Å². The molecule has 63 valence electrons. The first-order valence-electron chi connectivity index (χ1n) is 3.88. The van der Waals surface area contributed by atoms with Crippen molar-refractivity contribution in [3.8, 4) is 0 Å². The highest BCUT2D eigenvalue weighted by Crippen LogP contribution is 2.13. The Bertz CT molecular complexity index is 231. The van der Waals surface area contributed by atoms with E-state index in [-0.39, 0.29) is 5.92 Å². The van der Waals surface area contributed by atoms with E-state index >= 15 is 0 Å². The molecule has 0 saturated heterocycles. The lowest BCUT2D eigenvalue weighted by Crippen LogP contribution is -2.02. The van der Waals surface area contributed by atoms with E-state index in [1.807, 2.05) is 37.3 Å². The normalized spacial score (nSPS) is 12.1. The van der Waals surface area contributed by atoms with E-state index < -0.39 is 0 Å². The molecular formula is C10H11O2. The zero-order valence-electron chi connectivity index (χ0n) is 6.99. The van der Waals surface area contributed by atoms with Crippen LogP contribution in [0.5, 0.6) is 0 Å². The number of ether oxygens (including phenoxy) is 1. The molecule has 0 saturated carbocycles. The quantitative estimate of drug-likeness (QED) is 0.677. The average Bonchev–Trinajstić information content (AvgIpc) is 2.15. The molecule has 1 unspecified atom stereocenters. The largest absolute Gasteiger partial charge is 0.457 e. The molecule has 0 aliphatic rings. The summed E-state index contributed by atoms with van der Waals surface area (Å²) in [5, 5.41) is 0. The maximum atomic E-state index is 9.79. The molecule has 12 heavy (non-hydrogen) atoms. The van der Waals surface area contributed by atoms with Gasteiger partial charge in [-0.3, -0.25) is 0 Å². The van der Waals surface area contributed by atoms with Crippen molar-refractivity contribution in [3.05, 3.63) is 35.9 Å². The summed E-state index contributed by atoms with van der Waals surface area (Å²) in [6.45, 7) is 3.82. The fraction of sp³-hybridized carbons (Fsp3) is 0.300. The molecule has 1 aromatic carbocycles. The summed E-state index contributed by atoms with van der Waals surface area (Å²) in [6.07, 6.45) is 0. The topological polar surface area (TPSA) is 26.3 Å². The summed E-state index contributed by atoms with van der Waals surface area (Å²) in [7, 11) is 0. The summed E-state index contributed by atoms with van der Waals surface area (Å²) in [6, 6.07) is 9.92. The molecule has 0 fully saturated rings. The minimum absolute atomic E-state index is 0.243. The number of benzene rings is 1. The summed E-state index contributed by atoms with van der Waals surface area (Å²) in [5.41, 5.74) is 1.17. The summed E-state index contributed by atoms with van der Waals surface area (Å²) < 4.78 is 4.54. The van der Waals surface area contributed by atoms with Crippen molar-refractivity contribution in [3.63, 3.8) is 0 Å². The Morgan fingerprint density at radius 3 is 2.67 bits per heavy atom. The van der Waals surface area contributed by atoms with Crippen molar-refractivity contribution in [2.45, 2.75) is 12.8 Å². The van der Waals surface area contributed by atoms with Crippen LogP contribution in [0.3, 0.4) is 0 Å². The first kappa shape index (κ1) is 8.78. The smallest absolute Gasteiger partial charge is 0.417 e. The lowest BCUT2D eigenvalue weighted by Gasteiger charge is -2.08. The first-order chi connectivity index (χ1) is 5.84. The lowest BCUT2D eigenvalue weighted by molar-refractivity contribution is 0.261. The maximum Gasteiger partial charge on any atom is 0.417 e. The molecule has 1 radical (unpaired) electrons. The van der Waals surface area contributed by atoms with E-state index in [1.54, 1.807) is 0 Å². The molecule has 2 heteroatoms. The highest BCUT2D eigenvalue weighted by Gasteiger charge is 2.03. The van der Waals surface area contributed by atoms with Crippen LogP contribution in [0.25, 0.3) is 0 Å². The van der Waals surface area contributed by atoms with Crippen LogP contribution in [0.4, 0.5) is 0 Å². The second kappa shape index (κ2) is 4.54. The Morgan fingerprint density at radius 1 is 1.42 bits per heavy atom. The monoisotopic (exact) mass is 163 g/mol. The highest BCUT2D eigenvalue weighted by molar-refractivity contribution is 5.38. The molecule has 0 bridgehead atoms. The van der Waals surface area contributed by atoms with Gasteiger partial charge >= 0.3 is 6.47 Å². The van der Waals surface area contributed by atoms with Crippen molar-refractivity contribution in [1.29, 1.82) is 0 Å². The van der Waals surface area contributed by atoms with E-state index in [4.69, 9.17) is 0 Å². The van der Waals surface area contributed by atoms with Gasteiger partial charge in [-0.2, -0.15) is 0 Å². The molecule has 0 aliphatic heterocycles. The maximum absolute atomic E-state index is 9.79. The third kappa shape index (κ3) is 2.38. The predicted molar refractivity (Wildman–Crippen MR) is 46.5 cm³/mol. The zero-order chi connectivity index (χ0) is 8.81. The van der Waals surface area contributed by atoms with Crippen LogP contribution in [0, 0.1) is 0 Å². The van der Waals surface area contributed by atoms with E-state index in [1.165, 1.54) is 12.0 Å². The van der Waals surface area contributed by atoms with Gasteiger partial charge in [0, 0.05) is 5.92 Å². The molecular weight excluding hydrogens is 152 g/mol. The van der Waals surface area contributed by atoms with Crippen LogP contribution in [-0.4, -0.2) is 13.1 Å². The van der Waals surface area contributed by atoms with Gasteiger partial charge < -0.3 is 4.74 Å². The van der Waals surface area contributed by atoms with Gasteiger partial charge in [-0.25, -0.2) is 4.79 Å². The molecule has 1 aromatic rings. The lowest BCUT2D eigenvalue weighted by atomic mass is 10.0. The number of rotatable bonds is 4. The molecule has 0 N–H and O–H groups in total. The van der Waals surface area contributed by atoms with Crippen molar-refractivity contribution >= 4 is 6.47 Å².